The summed E-state index contributed by atoms with van der Waals surface area (Å²) >= 11 is 1.71. The fourth-order valence-corrected chi connectivity index (χ4v) is 2.05. The highest BCUT2D eigenvalue weighted by molar-refractivity contribution is 8.00. The average molecular weight is 245 g/mol. The van der Waals surface area contributed by atoms with Crippen LogP contribution in [0.4, 0.5) is 8.78 Å². The van der Waals surface area contributed by atoms with Crippen LogP contribution in [0.1, 0.15) is 32.4 Å². The monoisotopic (exact) mass is 245 g/mol. The second-order valence-electron chi connectivity index (χ2n) is 4.70. The van der Waals surface area contributed by atoms with Gasteiger partial charge in [0.05, 0.1) is 0 Å². The largest absolute Gasteiger partial charge is 0.323 e. The summed E-state index contributed by atoms with van der Waals surface area (Å²) in [6, 6.07) is 3.56. The van der Waals surface area contributed by atoms with Crippen LogP contribution in [-0.2, 0) is 0 Å². The van der Waals surface area contributed by atoms with Gasteiger partial charge in [-0.1, -0.05) is 26.8 Å². The Balaban J connectivity index is 2.66. The van der Waals surface area contributed by atoms with E-state index in [0.717, 1.165) is 6.07 Å². The molecule has 1 nitrogen and oxygen atoms in total. The number of halogens is 2. The Kier molecular flexibility index (Phi) is 4.33. The summed E-state index contributed by atoms with van der Waals surface area (Å²) in [5, 5.41) is 0. The molecular formula is C12H17F2NS. The lowest BCUT2D eigenvalue weighted by Gasteiger charge is -2.20. The highest BCUT2D eigenvalue weighted by atomic mass is 32.2. The highest BCUT2D eigenvalue weighted by Crippen LogP contribution is 2.27. The third kappa shape index (κ3) is 4.10. The first-order valence-corrected chi connectivity index (χ1v) is 6.12. The van der Waals surface area contributed by atoms with Gasteiger partial charge in [-0.2, -0.15) is 11.8 Å². The van der Waals surface area contributed by atoms with Crippen LogP contribution in [0.25, 0.3) is 0 Å². The van der Waals surface area contributed by atoms with Gasteiger partial charge in [0.2, 0.25) is 0 Å². The summed E-state index contributed by atoms with van der Waals surface area (Å²) in [6.07, 6.45) is 0. The Morgan fingerprint density at radius 2 is 1.88 bits per heavy atom. The summed E-state index contributed by atoms with van der Waals surface area (Å²) in [4.78, 5) is 0. The standard InChI is InChI=1S/C12H17F2NS/c1-12(2,3)16-7-11(15)8-4-5-9(13)10(14)6-8/h4-6,11H,7,15H2,1-3H3. The molecule has 0 saturated carbocycles. The van der Waals surface area contributed by atoms with E-state index in [1.54, 1.807) is 11.8 Å². The van der Waals surface area contributed by atoms with E-state index in [-0.39, 0.29) is 10.8 Å². The first-order chi connectivity index (χ1) is 7.29. The molecule has 0 aliphatic carbocycles. The lowest BCUT2D eigenvalue weighted by atomic mass is 10.1. The zero-order chi connectivity index (χ0) is 12.3. The molecule has 0 amide bonds. The summed E-state index contributed by atoms with van der Waals surface area (Å²) in [5.74, 6) is -0.984. The minimum atomic E-state index is -0.839. The van der Waals surface area contributed by atoms with E-state index in [1.165, 1.54) is 12.1 Å². The molecule has 16 heavy (non-hydrogen) atoms. The maximum atomic E-state index is 13.0. The number of rotatable bonds is 3. The van der Waals surface area contributed by atoms with Crippen molar-refractivity contribution in [1.29, 1.82) is 0 Å². The second kappa shape index (κ2) is 5.15. The van der Waals surface area contributed by atoms with Crippen LogP contribution in [-0.4, -0.2) is 10.5 Å². The molecule has 1 aromatic carbocycles. The molecule has 1 aromatic rings. The fourth-order valence-electron chi connectivity index (χ4n) is 1.18. The topological polar surface area (TPSA) is 26.0 Å². The van der Waals surface area contributed by atoms with E-state index in [1.807, 2.05) is 0 Å². The van der Waals surface area contributed by atoms with Gasteiger partial charge in [-0.25, -0.2) is 8.78 Å². The molecular weight excluding hydrogens is 228 g/mol. The molecule has 1 unspecified atom stereocenters. The number of benzene rings is 1. The summed E-state index contributed by atoms with van der Waals surface area (Å²) in [6.45, 7) is 6.28. The van der Waals surface area contributed by atoms with Crippen molar-refractivity contribution >= 4 is 11.8 Å². The van der Waals surface area contributed by atoms with Gasteiger partial charge in [-0.3, -0.25) is 0 Å². The van der Waals surface area contributed by atoms with E-state index in [4.69, 9.17) is 5.73 Å². The van der Waals surface area contributed by atoms with Crippen LogP contribution in [0, 0.1) is 11.6 Å². The molecule has 0 aliphatic rings. The van der Waals surface area contributed by atoms with Crippen molar-refractivity contribution in [3.05, 3.63) is 35.4 Å². The van der Waals surface area contributed by atoms with Gasteiger partial charge in [0.25, 0.3) is 0 Å². The first-order valence-electron chi connectivity index (χ1n) is 5.14. The molecule has 1 rings (SSSR count). The number of thioether (sulfide) groups is 1. The Bertz CT molecular complexity index is 361. The van der Waals surface area contributed by atoms with E-state index < -0.39 is 11.6 Å². The van der Waals surface area contributed by atoms with Crippen molar-refractivity contribution in [3.8, 4) is 0 Å². The van der Waals surface area contributed by atoms with Crippen LogP contribution in [0.3, 0.4) is 0 Å². The molecule has 0 radical (unpaired) electrons. The normalized spacial score (nSPS) is 13.9. The zero-order valence-electron chi connectivity index (χ0n) is 9.76. The highest BCUT2D eigenvalue weighted by Gasteiger charge is 2.15. The molecule has 90 valence electrons. The third-order valence-corrected chi connectivity index (χ3v) is 3.46. The summed E-state index contributed by atoms with van der Waals surface area (Å²) < 4.78 is 25.8. The lowest BCUT2D eigenvalue weighted by molar-refractivity contribution is 0.506. The van der Waals surface area contributed by atoms with Gasteiger partial charge in [0.15, 0.2) is 11.6 Å². The fraction of sp³-hybridized carbons (Fsp3) is 0.500. The molecule has 0 aliphatic heterocycles. The molecule has 0 aromatic heterocycles. The molecule has 1 atom stereocenters. The molecule has 2 N–H and O–H groups in total. The Morgan fingerprint density at radius 3 is 2.38 bits per heavy atom. The Hall–Kier alpha value is -0.610. The SMILES string of the molecule is CC(C)(C)SCC(N)c1ccc(F)c(F)c1. The predicted octanol–water partition coefficient (Wildman–Crippen LogP) is 3.50. The number of nitrogens with two attached hydrogens (primary N) is 1. The molecule has 0 bridgehead atoms. The quantitative estimate of drug-likeness (QED) is 0.882. The summed E-state index contributed by atoms with van der Waals surface area (Å²) in [5.41, 5.74) is 6.55. The lowest BCUT2D eigenvalue weighted by Crippen LogP contribution is -2.18. The number of hydrogen-bond donors (Lipinski definition) is 1. The second-order valence-corrected chi connectivity index (χ2v) is 6.55. The van der Waals surface area contributed by atoms with Crippen LogP contribution in [0.2, 0.25) is 0 Å². The van der Waals surface area contributed by atoms with Crippen molar-refractivity contribution in [2.24, 2.45) is 5.73 Å². The van der Waals surface area contributed by atoms with Gasteiger partial charge in [-0.05, 0) is 17.7 Å². The predicted molar refractivity (Wildman–Crippen MR) is 65.5 cm³/mol. The molecule has 0 saturated heterocycles. The first kappa shape index (κ1) is 13.5. The van der Waals surface area contributed by atoms with Crippen LogP contribution in [0.5, 0.6) is 0 Å². The van der Waals surface area contributed by atoms with Gasteiger partial charge in [0.1, 0.15) is 0 Å². The van der Waals surface area contributed by atoms with Gasteiger partial charge in [0, 0.05) is 16.5 Å². The maximum Gasteiger partial charge on any atom is 0.159 e. The number of hydrogen-bond acceptors (Lipinski definition) is 2. The molecule has 0 heterocycles. The van der Waals surface area contributed by atoms with Crippen molar-refractivity contribution in [2.75, 3.05) is 5.75 Å². The van der Waals surface area contributed by atoms with Crippen molar-refractivity contribution in [1.82, 2.24) is 0 Å². The molecule has 0 fully saturated rings. The van der Waals surface area contributed by atoms with Crippen LogP contribution < -0.4 is 5.73 Å². The summed E-state index contributed by atoms with van der Waals surface area (Å²) in [7, 11) is 0. The Labute approximate surface area is 99.4 Å². The van der Waals surface area contributed by atoms with Gasteiger partial charge >= 0.3 is 0 Å². The van der Waals surface area contributed by atoms with Crippen molar-refractivity contribution < 1.29 is 8.78 Å². The Morgan fingerprint density at radius 1 is 1.25 bits per heavy atom. The van der Waals surface area contributed by atoms with E-state index in [2.05, 4.69) is 20.8 Å². The third-order valence-electron chi connectivity index (χ3n) is 2.07. The van der Waals surface area contributed by atoms with E-state index in [9.17, 15) is 8.78 Å². The zero-order valence-corrected chi connectivity index (χ0v) is 10.6. The van der Waals surface area contributed by atoms with Crippen LogP contribution in [0.15, 0.2) is 18.2 Å². The molecule has 0 spiro atoms. The van der Waals surface area contributed by atoms with E-state index in [0.29, 0.717) is 11.3 Å². The van der Waals surface area contributed by atoms with E-state index >= 15 is 0 Å². The van der Waals surface area contributed by atoms with Crippen LogP contribution >= 0.6 is 11.8 Å². The minimum Gasteiger partial charge on any atom is -0.323 e. The van der Waals surface area contributed by atoms with Crippen molar-refractivity contribution in [3.63, 3.8) is 0 Å². The smallest absolute Gasteiger partial charge is 0.159 e. The average Bonchev–Trinajstić information content (AvgIpc) is 2.17. The van der Waals surface area contributed by atoms with Gasteiger partial charge in [-0.15, -0.1) is 0 Å². The molecule has 4 heteroatoms. The van der Waals surface area contributed by atoms with Gasteiger partial charge < -0.3 is 5.73 Å². The van der Waals surface area contributed by atoms with Crippen molar-refractivity contribution in [2.45, 2.75) is 31.6 Å². The maximum absolute atomic E-state index is 13.0. The minimum absolute atomic E-state index is 0.121.